The second-order valence-electron chi connectivity index (χ2n) is 14.4. The van der Waals surface area contributed by atoms with E-state index in [4.69, 9.17) is 14.2 Å². The van der Waals surface area contributed by atoms with Crippen LogP contribution in [0.1, 0.15) is 113 Å². The number of fused-ring (bicyclic) bond motifs is 4. The summed E-state index contributed by atoms with van der Waals surface area (Å²) in [6, 6.07) is 0. The van der Waals surface area contributed by atoms with E-state index in [0.717, 1.165) is 30.4 Å². The monoisotopic (exact) mass is 576 g/mol. The average Bonchev–Trinajstić information content (AvgIpc) is 3.17. The second kappa shape index (κ2) is 11.6. The predicted octanol–water partition coefficient (Wildman–Crippen LogP) is 5.27. The molecule has 4 rings (SSSR count). The lowest BCUT2D eigenvalue weighted by atomic mass is 9.46. The third-order valence-corrected chi connectivity index (χ3v) is 11.2. The molecular formula is C33H52O8. The maximum atomic E-state index is 12.6. The average molecular weight is 577 g/mol. The number of hydrogen-bond donors (Lipinski definition) is 2. The van der Waals surface area contributed by atoms with Crippen molar-refractivity contribution in [2.45, 2.75) is 143 Å². The minimum absolute atomic E-state index is 0.0136. The molecule has 2 N–H and O–H groups in total. The molecule has 0 saturated heterocycles. The quantitative estimate of drug-likeness (QED) is 0.228. The van der Waals surface area contributed by atoms with Crippen LogP contribution < -0.4 is 0 Å². The third-order valence-electron chi connectivity index (χ3n) is 11.2. The van der Waals surface area contributed by atoms with Gasteiger partial charge in [0.1, 0.15) is 11.7 Å². The van der Waals surface area contributed by atoms with Gasteiger partial charge >= 0.3 is 17.9 Å². The molecule has 4 aliphatic rings. The molecule has 0 bridgehead atoms. The SMILES string of the molecule is CC(=O)O[C@H]1CC[C@]2(C)C3=C(C4CC[C@H]([C@H](C)CCCC(C)C)[C@@]4(C)C[C@H]3O)[C@H](OC(C)=O)[C@H](OC(C)=O)[C@@]2(O)C1. The van der Waals surface area contributed by atoms with Crippen LogP contribution in [-0.4, -0.2) is 58.1 Å². The fourth-order valence-electron chi connectivity index (χ4n) is 9.52. The van der Waals surface area contributed by atoms with Crippen LogP contribution >= 0.6 is 0 Å². The van der Waals surface area contributed by atoms with Gasteiger partial charge in [0.25, 0.3) is 0 Å². The van der Waals surface area contributed by atoms with Gasteiger partial charge in [-0.3, -0.25) is 14.4 Å². The number of ether oxygens (including phenoxy) is 3. The Morgan fingerprint density at radius 1 is 0.902 bits per heavy atom. The lowest BCUT2D eigenvalue weighted by molar-refractivity contribution is -0.239. The molecule has 0 heterocycles. The van der Waals surface area contributed by atoms with Crippen molar-refractivity contribution in [2.24, 2.45) is 34.5 Å². The molecule has 8 nitrogen and oxygen atoms in total. The van der Waals surface area contributed by atoms with Crippen molar-refractivity contribution in [3.63, 3.8) is 0 Å². The fourth-order valence-corrected chi connectivity index (χ4v) is 9.52. The van der Waals surface area contributed by atoms with Crippen molar-refractivity contribution < 1.29 is 38.8 Å². The Morgan fingerprint density at radius 2 is 1.54 bits per heavy atom. The second-order valence-corrected chi connectivity index (χ2v) is 14.4. The summed E-state index contributed by atoms with van der Waals surface area (Å²) in [6.45, 7) is 15.0. The van der Waals surface area contributed by atoms with Crippen molar-refractivity contribution in [3.8, 4) is 0 Å². The highest BCUT2D eigenvalue weighted by Gasteiger charge is 2.70. The van der Waals surface area contributed by atoms with E-state index in [1.165, 1.54) is 33.6 Å². The van der Waals surface area contributed by atoms with Gasteiger partial charge in [-0.05, 0) is 72.3 Å². The van der Waals surface area contributed by atoms with Crippen LogP contribution in [0.4, 0.5) is 0 Å². The highest BCUT2D eigenvalue weighted by Crippen LogP contribution is 2.67. The standard InChI is InChI=1S/C33H52O8/c1-18(2)10-9-11-19(3)24-12-13-25-27-28(26(37)17-31(24,25)7)32(8)15-14-23(39-20(4)34)16-33(32,38)30(41-22(6)36)29(27)40-21(5)35/h18-19,23-26,29-30,37-38H,9-17H2,1-8H3/t19-,23+,24-,25?,26-,29+,30+,31-,32-,33+/m1/s1. The Hall–Kier alpha value is -1.93. The molecular weight excluding hydrogens is 524 g/mol. The molecule has 1 unspecified atom stereocenters. The smallest absolute Gasteiger partial charge is 0.303 e. The molecule has 10 atom stereocenters. The first-order valence-corrected chi connectivity index (χ1v) is 15.7. The lowest BCUT2D eigenvalue weighted by Crippen LogP contribution is -2.70. The molecule has 0 amide bonds. The van der Waals surface area contributed by atoms with Gasteiger partial charge in [0, 0.05) is 32.6 Å². The first kappa shape index (κ1) is 32.0. The zero-order valence-corrected chi connectivity index (χ0v) is 26.3. The summed E-state index contributed by atoms with van der Waals surface area (Å²) in [7, 11) is 0. The molecule has 0 aliphatic heterocycles. The Labute approximate surface area is 245 Å². The highest BCUT2D eigenvalue weighted by atomic mass is 16.6. The van der Waals surface area contributed by atoms with E-state index in [0.29, 0.717) is 37.0 Å². The molecule has 0 radical (unpaired) electrons. The van der Waals surface area contributed by atoms with E-state index in [-0.39, 0.29) is 17.8 Å². The molecule has 4 aliphatic carbocycles. The highest BCUT2D eigenvalue weighted by molar-refractivity contribution is 5.69. The summed E-state index contributed by atoms with van der Waals surface area (Å²) in [6.07, 6.45) is 3.26. The van der Waals surface area contributed by atoms with E-state index >= 15 is 0 Å². The topological polar surface area (TPSA) is 119 Å². The van der Waals surface area contributed by atoms with Crippen molar-refractivity contribution in [1.82, 2.24) is 0 Å². The normalized spacial score (nSPS) is 40.8. The summed E-state index contributed by atoms with van der Waals surface area (Å²) in [5, 5.41) is 24.6. The van der Waals surface area contributed by atoms with Gasteiger partial charge in [-0.15, -0.1) is 0 Å². The van der Waals surface area contributed by atoms with Gasteiger partial charge in [-0.25, -0.2) is 0 Å². The summed E-state index contributed by atoms with van der Waals surface area (Å²) in [5.74, 6) is -0.0362. The molecule has 232 valence electrons. The Balaban J connectivity index is 1.83. The van der Waals surface area contributed by atoms with Crippen molar-refractivity contribution in [2.75, 3.05) is 0 Å². The number of aliphatic hydroxyl groups is 2. The van der Waals surface area contributed by atoms with E-state index in [2.05, 4.69) is 27.7 Å². The molecule has 0 aromatic carbocycles. The minimum Gasteiger partial charge on any atom is -0.462 e. The van der Waals surface area contributed by atoms with Gasteiger partial charge in [-0.2, -0.15) is 0 Å². The number of carbonyl (C=O) groups is 3. The first-order chi connectivity index (χ1) is 19.0. The Bertz CT molecular complexity index is 1070. The van der Waals surface area contributed by atoms with Crippen LogP contribution in [0.15, 0.2) is 11.1 Å². The maximum absolute atomic E-state index is 12.6. The van der Waals surface area contributed by atoms with Gasteiger partial charge in [0.2, 0.25) is 0 Å². The van der Waals surface area contributed by atoms with Gasteiger partial charge in [-0.1, -0.05) is 53.9 Å². The molecule has 0 aromatic heterocycles. The lowest BCUT2D eigenvalue weighted by Gasteiger charge is -2.62. The predicted molar refractivity (Wildman–Crippen MR) is 153 cm³/mol. The van der Waals surface area contributed by atoms with Crippen molar-refractivity contribution in [1.29, 1.82) is 0 Å². The van der Waals surface area contributed by atoms with Gasteiger partial charge < -0.3 is 24.4 Å². The van der Waals surface area contributed by atoms with Crippen LogP contribution in [0.25, 0.3) is 0 Å². The van der Waals surface area contributed by atoms with E-state index in [1.807, 2.05) is 6.92 Å². The Morgan fingerprint density at radius 3 is 2.12 bits per heavy atom. The van der Waals surface area contributed by atoms with Gasteiger partial charge in [0.15, 0.2) is 12.2 Å². The zero-order valence-electron chi connectivity index (χ0n) is 26.3. The first-order valence-electron chi connectivity index (χ1n) is 15.7. The summed E-state index contributed by atoms with van der Waals surface area (Å²) in [5.41, 5.74) is -1.34. The van der Waals surface area contributed by atoms with Crippen molar-refractivity contribution in [3.05, 3.63) is 11.1 Å². The number of aliphatic hydroxyl groups excluding tert-OH is 1. The molecule has 8 heteroatoms. The number of esters is 3. The molecule has 41 heavy (non-hydrogen) atoms. The molecule has 0 aromatic rings. The van der Waals surface area contributed by atoms with Crippen LogP contribution in [-0.2, 0) is 28.6 Å². The third kappa shape index (κ3) is 5.60. The number of carbonyl (C=O) groups excluding carboxylic acids is 3. The van der Waals surface area contributed by atoms with Crippen molar-refractivity contribution >= 4 is 17.9 Å². The number of rotatable bonds is 8. The summed E-state index contributed by atoms with van der Waals surface area (Å²) in [4.78, 5) is 36.9. The largest absolute Gasteiger partial charge is 0.462 e. The fraction of sp³-hybridized carbons (Fsp3) is 0.848. The van der Waals surface area contributed by atoms with Gasteiger partial charge in [0.05, 0.1) is 6.10 Å². The van der Waals surface area contributed by atoms with Crippen LogP contribution in [0, 0.1) is 34.5 Å². The maximum Gasteiger partial charge on any atom is 0.303 e. The summed E-state index contributed by atoms with van der Waals surface area (Å²) < 4.78 is 17.4. The molecule has 0 spiro atoms. The van der Waals surface area contributed by atoms with Crippen LogP contribution in [0.3, 0.4) is 0 Å². The van der Waals surface area contributed by atoms with Crippen LogP contribution in [0.5, 0.6) is 0 Å². The summed E-state index contributed by atoms with van der Waals surface area (Å²) >= 11 is 0. The molecule has 2 fully saturated rings. The number of hydrogen-bond acceptors (Lipinski definition) is 8. The molecule has 2 saturated carbocycles. The minimum atomic E-state index is -1.72. The van der Waals surface area contributed by atoms with E-state index < -0.39 is 53.3 Å². The van der Waals surface area contributed by atoms with Crippen LogP contribution in [0.2, 0.25) is 0 Å². The van der Waals surface area contributed by atoms with E-state index in [1.54, 1.807) is 0 Å². The zero-order chi connectivity index (χ0) is 30.5. The van der Waals surface area contributed by atoms with E-state index in [9.17, 15) is 24.6 Å². The Kier molecular flexibility index (Phi) is 9.08.